The van der Waals surface area contributed by atoms with Gasteiger partial charge in [-0.3, -0.25) is 0 Å². The summed E-state index contributed by atoms with van der Waals surface area (Å²) in [7, 11) is 4.65. The lowest BCUT2D eigenvalue weighted by Crippen LogP contribution is -3.00. The maximum atomic E-state index is 5.83. The average molecular weight is 428 g/mol. The highest BCUT2D eigenvalue weighted by atomic mass is 79.9. The van der Waals surface area contributed by atoms with Crippen LogP contribution in [0.25, 0.3) is 0 Å². The highest BCUT2D eigenvalue weighted by Crippen LogP contribution is 2.13. The number of hydrogen-bond acceptors (Lipinski definition) is 1. The molecule has 3 heteroatoms. The van der Waals surface area contributed by atoms with Gasteiger partial charge in [-0.1, -0.05) is 82.9 Å². The van der Waals surface area contributed by atoms with Crippen molar-refractivity contribution in [2.75, 3.05) is 33.8 Å². The van der Waals surface area contributed by atoms with Crippen molar-refractivity contribution in [3.8, 4) is 5.75 Å². The van der Waals surface area contributed by atoms with Crippen LogP contribution >= 0.6 is 0 Å². The molecule has 1 aromatic carbocycles. The molecule has 0 saturated heterocycles. The van der Waals surface area contributed by atoms with Gasteiger partial charge in [0.05, 0.1) is 20.6 Å². The lowest BCUT2D eigenvalue weighted by Gasteiger charge is -2.29. The molecule has 0 bridgehead atoms. The van der Waals surface area contributed by atoms with E-state index in [0.717, 1.165) is 23.4 Å². The quantitative estimate of drug-likeness (QED) is 0.290. The van der Waals surface area contributed by atoms with Crippen molar-refractivity contribution in [2.45, 2.75) is 77.6 Å². The molecule has 0 heterocycles. The maximum Gasteiger partial charge on any atom is 0.137 e. The van der Waals surface area contributed by atoms with Crippen LogP contribution in [-0.4, -0.2) is 38.3 Å². The number of halogens is 1. The van der Waals surface area contributed by atoms with Gasteiger partial charge in [0.15, 0.2) is 0 Å². The minimum atomic E-state index is 0. The lowest BCUT2D eigenvalue weighted by molar-refractivity contribution is -0.890. The second-order valence-corrected chi connectivity index (χ2v) is 8.08. The molecule has 0 spiro atoms. The fourth-order valence-corrected chi connectivity index (χ4v) is 3.24. The summed E-state index contributed by atoms with van der Waals surface area (Å²) < 4.78 is 6.89. The minimum Gasteiger partial charge on any atom is -1.00 e. The van der Waals surface area contributed by atoms with Crippen LogP contribution in [0.3, 0.4) is 0 Å². The third kappa shape index (κ3) is 14.6. The van der Waals surface area contributed by atoms with E-state index in [-0.39, 0.29) is 17.0 Å². The number of rotatable bonds is 16. The summed E-state index contributed by atoms with van der Waals surface area (Å²) in [5, 5.41) is 0. The van der Waals surface area contributed by atoms with E-state index in [2.05, 4.69) is 21.0 Å². The third-order valence-electron chi connectivity index (χ3n) is 5.08. The summed E-state index contributed by atoms with van der Waals surface area (Å²) in [5.74, 6) is 0.984. The SMILES string of the molecule is CCCCCCCCCCCCC[N+](C)(C)CCOc1ccccc1.[Br-]. The average Bonchev–Trinajstić information content (AvgIpc) is 2.60. The topological polar surface area (TPSA) is 9.23 Å². The number of nitrogens with zero attached hydrogens (tertiary/aromatic N) is 1. The molecule has 152 valence electrons. The van der Waals surface area contributed by atoms with Gasteiger partial charge in [0.2, 0.25) is 0 Å². The second kappa shape index (κ2) is 16.6. The number of ether oxygens (including phenoxy) is 1. The van der Waals surface area contributed by atoms with Gasteiger partial charge in [-0.2, -0.15) is 0 Å². The zero-order chi connectivity index (χ0) is 18.2. The van der Waals surface area contributed by atoms with Crippen LogP contribution in [0.1, 0.15) is 77.6 Å². The molecule has 2 nitrogen and oxygen atoms in total. The van der Waals surface area contributed by atoms with Gasteiger partial charge in [-0.15, -0.1) is 0 Å². The normalized spacial score (nSPS) is 11.2. The standard InChI is InChI=1S/C23H42NO.BrH/c1-4-5-6-7-8-9-10-11-12-13-17-20-24(2,3)21-22-25-23-18-15-14-16-19-23;/h14-16,18-19H,4-13,17,20-22H2,1-3H3;1H/q+1;/p-1. The molecule has 0 aliphatic carbocycles. The monoisotopic (exact) mass is 427 g/mol. The molecule has 0 atom stereocenters. The Bertz CT molecular complexity index is 408. The number of likely N-dealkylation sites (N-methyl/N-ethyl adjacent to an activating group) is 1. The first-order chi connectivity index (χ1) is 12.1. The fourth-order valence-electron chi connectivity index (χ4n) is 3.24. The Kier molecular flexibility index (Phi) is 16.3. The van der Waals surface area contributed by atoms with E-state index in [9.17, 15) is 0 Å². The molecule has 0 radical (unpaired) electrons. The molecule has 0 amide bonds. The van der Waals surface area contributed by atoms with E-state index in [4.69, 9.17) is 4.74 Å². The molecular weight excluding hydrogens is 386 g/mol. The molecular formula is C23H42BrNO. The Morgan fingerprint density at radius 2 is 1.19 bits per heavy atom. The van der Waals surface area contributed by atoms with E-state index in [1.165, 1.54) is 77.2 Å². The van der Waals surface area contributed by atoms with Gasteiger partial charge < -0.3 is 26.2 Å². The first-order valence-corrected chi connectivity index (χ1v) is 10.6. The Balaban J connectivity index is 0.00000625. The lowest BCUT2D eigenvalue weighted by atomic mass is 10.1. The molecule has 0 saturated carbocycles. The molecule has 0 aliphatic heterocycles. The van der Waals surface area contributed by atoms with Crippen LogP contribution in [-0.2, 0) is 0 Å². The summed E-state index contributed by atoms with van der Waals surface area (Å²) >= 11 is 0. The first-order valence-electron chi connectivity index (χ1n) is 10.6. The van der Waals surface area contributed by atoms with Gasteiger partial charge in [0.25, 0.3) is 0 Å². The first kappa shape index (κ1) is 25.5. The van der Waals surface area contributed by atoms with E-state index in [1.807, 2.05) is 30.3 Å². The zero-order valence-corrected chi connectivity index (χ0v) is 19.1. The zero-order valence-electron chi connectivity index (χ0n) is 17.5. The molecule has 1 rings (SSSR count). The Morgan fingerprint density at radius 3 is 1.73 bits per heavy atom. The van der Waals surface area contributed by atoms with Gasteiger partial charge in [0.1, 0.15) is 18.9 Å². The molecule has 0 fully saturated rings. The molecule has 1 aromatic rings. The Labute approximate surface area is 173 Å². The summed E-state index contributed by atoms with van der Waals surface area (Å²) in [5.41, 5.74) is 0. The van der Waals surface area contributed by atoms with Gasteiger partial charge in [-0.05, 0) is 25.0 Å². The Hall–Kier alpha value is -0.540. The summed E-state index contributed by atoms with van der Waals surface area (Å²) in [4.78, 5) is 0. The summed E-state index contributed by atoms with van der Waals surface area (Å²) in [6.45, 7) is 5.42. The van der Waals surface area contributed by atoms with Crippen molar-refractivity contribution >= 4 is 0 Å². The van der Waals surface area contributed by atoms with Crippen LogP contribution in [0.2, 0.25) is 0 Å². The molecule has 0 unspecified atom stereocenters. The smallest absolute Gasteiger partial charge is 0.137 e. The second-order valence-electron chi connectivity index (χ2n) is 8.08. The van der Waals surface area contributed by atoms with Crippen LogP contribution < -0.4 is 21.7 Å². The van der Waals surface area contributed by atoms with Crippen molar-refractivity contribution in [3.05, 3.63) is 30.3 Å². The van der Waals surface area contributed by atoms with Gasteiger partial charge in [0, 0.05) is 0 Å². The van der Waals surface area contributed by atoms with Crippen LogP contribution in [0.5, 0.6) is 5.75 Å². The number of quaternary nitrogens is 1. The molecule has 0 aliphatic rings. The number of unbranched alkanes of at least 4 members (excludes halogenated alkanes) is 10. The van der Waals surface area contributed by atoms with Crippen LogP contribution in [0, 0.1) is 0 Å². The van der Waals surface area contributed by atoms with Crippen molar-refractivity contribution in [3.63, 3.8) is 0 Å². The van der Waals surface area contributed by atoms with Crippen molar-refractivity contribution in [1.29, 1.82) is 0 Å². The fraction of sp³-hybridized carbons (Fsp3) is 0.739. The van der Waals surface area contributed by atoms with Crippen LogP contribution in [0.4, 0.5) is 0 Å². The van der Waals surface area contributed by atoms with E-state index < -0.39 is 0 Å². The van der Waals surface area contributed by atoms with E-state index in [0.29, 0.717) is 0 Å². The number of para-hydroxylation sites is 1. The predicted octanol–water partition coefficient (Wildman–Crippen LogP) is 3.46. The largest absolute Gasteiger partial charge is 1.00 e. The Morgan fingerprint density at radius 1 is 0.692 bits per heavy atom. The molecule has 0 N–H and O–H groups in total. The highest BCUT2D eigenvalue weighted by Gasteiger charge is 2.14. The minimum absolute atomic E-state index is 0. The van der Waals surface area contributed by atoms with Crippen molar-refractivity contribution in [2.24, 2.45) is 0 Å². The molecule has 26 heavy (non-hydrogen) atoms. The van der Waals surface area contributed by atoms with E-state index >= 15 is 0 Å². The molecule has 0 aromatic heterocycles. The number of hydrogen-bond donors (Lipinski definition) is 0. The number of benzene rings is 1. The van der Waals surface area contributed by atoms with Gasteiger partial charge in [-0.25, -0.2) is 0 Å². The maximum absolute atomic E-state index is 5.83. The summed E-state index contributed by atoms with van der Waals surface area (Å²) in [6.07, 6.45) is 15.6. The third-order valence-corrected chi connectivity index (χ3v) is 5.08. The van der Waals surface area contributed by atoms with E-state index in [1.54, 1.807) is 0 Å². The van der Waals surface area contributed by atoms with Crippen molar-refractivity contribution in [1.82, 2.24) is 0 Å². The summed E-state index contributed by atoms with van der Waals surface area (Å²) in [6, 6.07) is 10.1. The van der Waals surface area contributed by atoms with Gasteiger partial charge >= 0.3 is 0 Å². The highest BCUT2D eigenvalue weighted by molar-refractivity contribution is 5.20. The van der Waals surface area contributed by atoms with Crippen LogP contribution in [0.15, 0.2) is 30.3 Å². The predicted molar refractivity (Wildman–Crippen MR) is 110 cm³/mol. The van der Waals surface area contributed by atoms with Crippen molar-refractivity contribution < 1.29 is 26.2 Å².